The summed E-state index contributed by atoms with van der Waals surface area (Å²) in [5.74, 6) is 0.545. The van der Waals surface area contributed by atoms with Crippen LogP contribution in [-0.4, -0.2) is 30.5 Å². The molecular formula is C15H24N2O4. The Balaban J connectivity index is 3.01. The van der Waals surface area contributed by atoms with Crippen molar-refractivity contribution in [3.05, 3.63) is 23.8 Å². The number of anilines is 1. The highest BCUT2D eigenvalue weighted by atomic mass is 16.6. The van der Waals surface area contributed by atoms with Crippen LogP contribution in [0.2, 0.25) is 0 Å². The lowest BCUT2D eigenvalue weighted by molar-refractivity contribution is 0.0636. The molecule has 21 heavy (non-hydrogen) atoms. The molecule has 0 heterocycles. The first-order valence-corrected chi connectivity index (χ1v) is 6.67. The number of ether oxygens (including phenoxy) is 2. The zero-order chi connectivity index (χ0) is 16.3. The van der Waals surface area contributed by atoms with Crippen LogP contribution < -0.4 is 15.8 Å². The summed E-state index contributed by atoms with van der Waals surface area (Å²) in [4.78, 5) is 11.8. The smallest absolute Gasteiger partial charge is 0.412 e. The van der Waals surface area contributed by atoms with Gasteiger partial charge in [0.2, 0.25) is 0 Å². The Labute approximate surface area is 125 Å². The van der Waals surface area contributed by atoms with E-state index < -0.39 is 17.2 Å². The molecule has 1 aromatic rings. The molecule has 0 saturated heterocycles. The van der Waals surface area contributed by atoms with Crippen molar-refractivity contribution >= 4 is 11.8 Å². The molecule has 0 spiro atoms. The standard InChI is InChI=1S/C15H24N2O4/c1-14(2,3)21-13(19)17-10-6-7-12(20-5)11(8-10)15(4,16)9-18/h6-8,18H,9,16H2,1-5H3,(H,17,19). The first-order chi connectivity index (χ1) is 9.59. The Kier molecular flexibility index (Phi) is 5.20. The zero-order valence-corrected chi connectivity index (χ0v) is 13.2. The molecule has 0 radical (unpaired) electrons. The first-order valence-electron chi connectivity index (χ1n) is 6.67. The van der Waals surface area contributed by atoms with Crippen LogP contribution in [0.1, 0.15) is 33.3 Å². The molecule has 0 aliphatic heterocycles. The van der Waals surface area contributed by atoms with Crippen molar-refractivity contribution in [2.24, 2.45) is 5.73 Å². The second-order valence-electron chi connectivity index (χ2n) is 6.12. The van der Waals surface area contributed by atoms with Crippen molar-refractivity contribution in [2.45, 2.75) is 38.8 Å². The van der Waals surface area contributed by atoms with Gasteiger partial charge in [0.05, 0.1) is 19.3 Å². The van der Waals surface area contributed by atoms with E-state index in [1.54, 1.807) is 45.9 Å². The van der Waals surface area contributed by atoms with Crippen LogP contribution in [0.15, 0.2) is 18.2 Å². The van der Waals surface area contributed by atoms with Gasteiger partial charge in [0.15, 0.2) is 0 Å². The van der Waals surface area contributed by atoms with Crippen molar-refractivity contribution in [3.8, 4) is 5.75 Å². The molecule has 6 nitrogen and oxygen atoms in total. The minimum absolute atomic E-state index is 0.251. The third kappa shape index (κ3) is 4.91. The lowest BCUT2D eigenvalue weighted by atomic mass is 9.93. The number of methoxy groups -OCH3 is 1. The maximum absolute atomic E-state index is 11.8. The van der Waals surface area contributed by atoms with Gasteiger partial charge >= 0.3 is 6.09 Å². The van der Waals surface area contributed by atoms with Gasteiger partial charge in [0.1, 0.15) is 11.4 Å². The molecule has 0 bridgehead atoms. The van der Waals surface area contributed by atoms with Crippen LogP contribution in [-0.2, 0) is 10.3 Å². The highest BCUT2D eigenvalue weighted by Crippen LogP contribution is 2.30. The number of amides is 1. The molecule has 0 fully saturated rings. The van der Waals surface area contributed by atoms with E-state index in [2.05, 4.69) is 5.32 Å². The van der Waals surface area contributed by atoms with Gasteiger partial charge in [-0.1, -0.05) is 0 Å². The van der Waals surface area contributed by atoms with E-state index in [-0.39, 0.29) is 6.61 Å². The molecular weight excluding hydrogens is 272 g/mol. The topological polar surface area (TPSA) is 93.8 Å². The average molecular weight is 296 g/mol. The lowest BCUT2D eigenvalue weighted by Crippen LogP contribution is -2.37. The van der Waals surface area contributed by atoms with Gasteiger partial charge < -0.3 is 20.3 Å². The summed E-state index contributed by atoms with van der Waals surface area (Å²) >= 11 is 0. The van der Waals surface area contributed by atoms with Crippen LogP contribution in [0.25, 0.3) is 0 Å². The largest absolute Gasteiger partial charge is 0.496 e. The first kappa shape index (κ1) is 17.3. The molecule has 6 heteroatoms. The lowest BCUT2D eigenvalue weighted by Gasteiger charge is -2.25. The summed E-state index contributed by atoms with van der Waals surface area (Å²) in [6, 6.07) is 5.03. The molecule has 1 unspecified atom stereocenters. The predicted molar refractivity (Wildman–Crippen MR) is 81.5 cm³/mol. The van der Waals surface area contributed by atoms with E-state index in [4.69, 9.17) is 15.2 Å². The molecule has 118 valence electrons. The van der Waals surface area contributed by atoms with Crippen LogP contribution in [0.5, 0.6) is 5.75 Å². The van der Waals surface area contributed by atoms with E-state index in [1.165, 1.54) is 7.11 Å². The molecule has 0 aliphatic carbocycles. The summed E-state index contributed by atoms with van der Waals surface area (Å²) in [5.41, 5.74) is 5.61. The number of nitrogens with two attached hydrogens (primary N) is 1. The fraction of sp³-hybridized carbons (Fsp3) is 0.533. The van der Waals surface area contributed by atoms with E-state index in [1.807, 2.05) is 0 Å². The number of carbonyl (C=O) groups is 1. The van der Waals surface area contributed by atoms with Crippen LogP contribution in [0.3, 0.4) is 0 Å². The van der Waals surface area contributed by atoms with Crippen molar-refractivity contribution in [1.82, 2.24) is 0 Å². The number of aliphatic hydroxyl groups is 1. The molecule has 1 aromatic carbocycles. The molecule has 0 aromatic heterocycles. The van der Waals surface area contributed by atoms with Crippen molar-refractivity contribution < 1.29 is 19.4 Å². The Hall–Kier alpha value is -1.79. The van der Waals surface area contributed by atoms with E-state index in [9.17, 15) is 9.90 Å². The maximum Gasteiger partial charge on any atom is 0.412 e. The third-order valence-electron chi connectivity index (χ3n) is 2.79. The van der Waals surface area contributed by atoms with Crippen LogP contribution in [0.4, 0.5) is 10.5 Å². The van der Waals surface area contributed by atoms with Gasteiger partial charge in [-0.2, -0.15) is 0 Å². The third-order valence-corrected chi connectivity index (χ3v) is 2.79. The highest BCUT2D eigenvalue weighted by Gasteiger charge is 2.25. The summed E-state index contributed by atoms with van der Waals surface area (Å²) in [6.45, 7) is 6.79. The monoisotopic (exact) mass is 296 g/mol. The quantitative estimate of drug-likeness (QED) is 0.792. The van der Waals surface area contributed by atoms with Crippen molar-refractivity contribution in [2.75, 3.05) is 19.0 Å². The summed E-state index contributed by atoms with van der Waals surface area (Å²) in [5, 5.41) is 12.0. The zero-order valence-electron chi connectivity index (χ0n) is 13.2. The molecule has 0 aliphatic rings. The number of rotatable bonds is 4. The minimum atomic E-state index is -0.975. The summed E-state index contributed by atoms with van der Waals surface area (Å²) in [7, 11) is 1.52. The number of hydrogen-bond acceptors (Lipinski definition) is 5. The average Bonchev–Trinajstić information content (AvgIpc) is 2.36. The maximum atomic E-state index is 11.8. The molecule has 1 rings (SSSR count). The fourth-order valence-electron chi connectivity index (χ4n) is 1.74. The highest BCUT2D eigenvalue weighted by molar-refractivity contribution is 5.85. The SMILES string of the molecule is COc1ccc(NC(=O)OC(C)(C)C)cc1C(C)(N)CO. The van der Waals surface area contributed by atoms with Crippen LogP contribution >= 0.6 is 0 Å². The molecule has 1 amide bonds. The Morgan fingerprint density at radius 2 is 1.95 bits per heavy atom. The van der Waals surface area contributed by atoms with Gasteiger partial charge in [-0.25, -0.2) is 4.79 Å². The number of benzene rings is 1. The molecule has 1 atom stereocenters. The number of nitrogens with one attached hydrogen (secondary N) is 1. The second kappa shape index (κ2) is 6.32. The minimum Gasteiger partial charge on any atom is -0.496 e. The number of hydrogen-bond donors (Lipinski definition) is 3. The van der Waals surface area contributed by atoms with Gasteiger partial charge in [0.25, 0.3) is 0 Å². The molecule has 0 saturated carbocycles. The van der Waals surface area contributed by atoms with Gasteiger partial charge in [-0.05, 0) is 45.9 Å². The van der Waals surface area contributed by atoms with E-state index >= 15 is 0 Å². The summed E-state index contributed by atoms with van der Waals surface area (Å²) < 4.78 is 10.4. The van der Waals surface area contributed by atoms with E-state index in [0.717, 1.165) is 0 Å². The van der Waals surface area contributed by atoms with Gasteiger partial charge in [-0.15, -0.1) is 0 Å². The van der Waals surface area contributed by atoms with E-state index in [0.29, 0.717) is 17.0 Å². The predicted octanol–water partition coefficient (Wildman–Crippen LogP) is 2.21. The van der Waals surface area contributed by atoms with Gasteiger partial charge in [0, 0.05) is 11.3 Å². The normalized spacial score (nSPS) is 14.2. The second-order valence-corrected chi connectivity index (χ2v) is 6.12. The number of aliphatic hydroxyl groups excluding tert-OH is 1. The van der Waals surface area contributed by atoms with Crippen LogP contribution in [0, 0.1) is 0 Å². The Morgan fingerprint density at radius 3 is 2.43 bits per heavy atom. The summed E-state index contributed by atoms with van der Waals surface area (Å²) in [6.07, 6.45) is -0.554. The Bertz CT molecular complexity index is 507. The van der Waals surface area contributed by atoms with Crippen molar-refractivity contribution in [3.63, 3.8) is 0 Å². The Morgan fingerprint density at radius 1 is 1.33 bits per heavy atom. The van der Waals surface area contributed by atoms with Crippen molar-refractivity contribution in [1.29, 1.82) is 0 Å². The number of carbonyl (C=O) groups excluding carboxylic acids is 1. The molecule has 4 N–H and O–H groups in total. The van der Waals surface area contributed by atoms with Gasteiger partial charge in [-0.3, -0.25) is 5.32 Å². The fourth-order valence-corrected chi connectivity index (χ4v) is 1.74.